The topological polar surface area (TPSA) is 12.0 Å². The van der Waals surface area contributed by atoms with Gasteiger partial charge in [-0.25, -0.2) is 0 Å². The highest BCUT2D eigenvalue weighted by Gasteiger charge is 2.15. The highest BCUT2D eigenvalue weighted by molar-refractivity contribution is 7.19. The molecule has 2 heteroatoms. The minimum atomic E-state index is 0.516. The molecule has 0 aliphatic carbocycles. The highest BCUT2D eigenvalue weighted by Crippen LogP contribution is 2.32. The van der Waals surface area contributed by atoms with Crippen LogP contribution in [0.1, 0.15) is 44.5 Å². The summed E-state index contributed by atoms with van der Waals surface area (Å²) in [6, 6.07) is 11.5. The Morgan fingerprint density at radius 3 is 2.67 bits per heavy atom. The molecule has 1 unspecified atom stereocenters. The Bertz CT molecular complexity index is 454. The Hall–Kier alpha value is -0.860. The van der Waals surface area contributed by atoms with Crippen LogP contribution in [0.4, 0.5) is 0 Å². The standard InChI is InChI=1S/C16H23NS/c1-4-9-17-14(10-12(2)3)16-11-13-7-5-6-8-15(13)18-16/h5-8,11-12,14,17H,4,9-10H2,1-3H3. The fourth-order valence-corrected chi connectivity index (χ4v) is 3.42. The molecule has 1 heterocycles. The Labute approximate surface area is 114 Å². The molecule has 1 nitrogen and oxygen atoms in total. The van der Waals surface area contributed by atoms with Crippen LogP contribution >= 0.6 is 11.3 Å². The van der Waals surface area contributed by atoms with Crippen molar-refractivity contribution in [2.24, 2.45) is 5.92 Å². The summed E-state index contributed by atoms with van der Waals surface area (Å²) in [6.07, 6.45) is 2.41. The normalized spacial score (nSPS) is 13.3. The lowest BCUT2D eigenvalue weighted by Crippen LogP contribution is -2.22. The quantitative estimate of drug-likeness (QED) is 0.772. The van der Waals surface area contributed by atoms with E-state index in [1.807, 2.05) is 11.3 Å². The zero-order valence-electron chi connectivity index (χ0n) is 11.6. The summed E-state index contributed by atoms with van der Waals surface area (Å²) >= 11 is 1.94. The van der Waals surface area contributed by atoms with Crippen LogP contribution in [0.2, 0.25) is 0 Å². The van der Waals surface area contributed by atoms with E-state index in [1.165, 1.54) is 27.8 Å². The highest BCUT2D eigenvalue weighted by atomic mass is 32.1. The summed E-state index contributed by atoms with van der Waals surface area (Å²) in [4.78, 5) is 1.48. The predicted octanol–water partition coefficient (Wildman–Crippen LogP) is 4.99. The first-order valence-corrected chi connectivity index (χ1v) is 7.74. The SMILES string of the molecule is CCCNC(CC(C)C)c1cc2ccccc2s1. The van der Waals surface area contributed by atoms with Gasteiger partial charge in [-0.15, -0.1) is 11.3 Å². The van der Waals surface area contributed by atoms with E-state index in [0.717, 1.165) is 12.5 Å². The molecule has 98 valence electrons. The molecule has 0 saturated carbocycles. The molecule has 0 saturated heterocycles. The van der Waals surface area contributed by atoms with Gasteiger partial charge in [-0.05, 0) is 42.8 Å². The molecular formula is C16H23NS. The summed E-state index contributed by atoms with van der Waals surface area (Å²) in [5.74, 6) is 0.726. The van der Waals surface area contributed by atoms with Crippen molar-refractivity contribution in [1.82, 2.24) is 5.32 Å². The van der Waals surface area contributed by atoms with Crippen molar-refractivity contribution in [1.29, 1.82) is 0 Å². The number of nitrogens with one attached hydrogen (secondary N) is 1. The summed E-state index contributed by atoms with van der Waals surface area (Å²) < 4.78 is 1.40. The minimum Gasteiger partial charge on any atom is -0.309 e. The largest absolute Gasteiger partial charge is 0.309 e. The molecular weight excluding hydrogens is 238 g/mol. The molecule has 0 aliphatic heterocycles. The Morgan fingerprint density at radius 2 is 2.00 bits per heavy atom. The lowest BCUT2D eigenvalue weighted by atomic mass is 10.0. The number of benzene rings is 1. The Morgan fingerprint density at radius 1 is 1.22 bits per heavy atom. The summed E-state index contributed by atoms with van der Waals surface area (Å²) in [6.45, 7) is 7.93. The van der Waals surface area contributed by atoms with Crippen LogP contribution in [0.15, 0.2) is 30.3 Å². The fraction of sp³-hybridized carbons (Fsp3) is 0.500. The lowest BCUT2D eigenvalue weighted by Gasteiger charge is -2.19. The number of hydrogen-bond acceptors (Lipinski definition) is 2. The second-order valence-corrected chi connectivity index (χ2v) is 6.44. The maximum atomic E-state index is 3.69. The second kappa shape index (κ2) is 6.35. The molecule has 0 fully saturated rings. The van der Waals surface area contributed by atoms with Gasteiger partial charge in [-0.1, -0.05) is 39.0 Å². The molecule has 1 aromatic carbocycles. The summed E-state index contributed by atoms with van der Waals surface area (Å²) in [7, 11) is 0. The monoisotopic (exact) mass is 261 g/mol. The molecule has 18 heavy (non-hydrogen) atoms. The van der Waals surface area contributed by atoms with Gasteiger partial charge >= 0.3 is 0 Å². The van der Waals surface area contributed by atoms with Gasteiger partial charge in [0.15, 0.2) is 0 Å². The van der Waals surface area contributed by atoms with E-state index in [9.17, 15) is 0 Å². The molecule has 2 aromatic rings. The van der Waals surface area contributed by atoms with Crippen molar-refractivity contribution < 1.29 is 0 Å². The zero-order valence-corrected chi connectivity index (χ0v) is 12.4. The molecule has 0 spiro atoms. The van der Waals surface area contributed by atoms with Crippen molar-refractivity contribution in [3.05, 3.63) is 35.2 Å². The van der Waals surface area contributed by atoms with Crippen LogP contribution in [0.3, 0.4) is 0 Å². The fourth-order valence-electron chi connectivity index (χ4n) is 2.26. The minimum absolute atomic E-state index is 0.516. The predicted molar refractivity (Wildman–Crippen MR) is 82.3 cm³/mol. The van der Waals surface area contributed by atoms with Crippen LogP contribution in [0.25, 0.3) is 10.1 Å². The molecule has 1 atom stereocenters. The first-order valence-electron chi connectivity index (χ1n) is 6.92. The van der Waals surface area contributed by atoms with Crippen LogP contribution in [-0.2, 0) is 0 Å². The van der Waals surface area contributed by atoms with Gasteiger partial charge < -0.3 is 5.32 Å². The third-order valence-electron chi connectivity index (χ3n) is 3.14. The van der Waals surface area contributed by atoms with Gasteiger partial charge in [0.05, 0.1) is 0 Å². The number of fused-ring (bicyclic) bond motifs is 1. The van der Waals surface area contributed by atoms with Crippen LogP contribution in [0.5, 0.6) is 0 Å². The molecule has 0 amide bonds. The van der Waals surface area contributed by atoms with Crippen LogP contribution in [0, 0.1) is 5.92 Å². The Balaban J connectivity index is 2.22. The average Bonchev–Trinajstić information content (AvgIpc) is 2.77. The maximum Gasteiger partial charge on any atom is 0.0417 e. The van der Waals surface area contributed by atoms with Gasteiger partial charge in [0.2, 0.25) is 0 Å². The van der Waals surface area contributed by atoms with Crippen molar-refractivity contribution in [2.75, 3.05) is 6.54 Å². The average molecular weight is 261 g/mol. The van der Waals surface area contributed by atoms with Gasteiger partial charge in [-0.3, -0.25) is 0 Å². The van der Waals surface area contributed by atoms with Gasteiger partial charge in [-0.2, -0.15) is 0 Å². The summed E-state index contributed by atoms with van der Waals surface area (Å²) in [5, 5.41) is 5.07. The van der Waals surface area contributed by atoms with E-state index < -0.39 is 0 Å². The van der Waals surface area contributed by atoms with E-state index in [1.54, 1.807) is 0 Å². The zero-order chi connectivity index (χ0) is 13.0. The molecule has 2 rings (SSSR count). The molecule has 0 bridgehead atoms. The van der Waals surface area contributed by atoms with Gasteiger partial charge in [0.1, 0.15) is 0 Å². The van der Waals surface area contributed by atoms with E-state index in [-0.39, 0.29) is 0 Å². The van der Waals surface area contributed by atoms with Crippen molar-refractivity contribution in [3.8, 4) is 0 Å². The third kappa shape index (κ3) is 3.33. The van der Waals surface area contributed by atoms with Crippen LogP contribution < -0.4 is 5.32 Å². The van der Waals surface area contributed by atoms with Crippen LogP contribution in [-0.4, -0.2) is 6.54 Å². The number of rotatable bonds is 6. The van der Waals surface area contributed by atoms with Crippen molar-refractivity contribution in [2.45, 2.75) is 39.7 Å². The van der Waals surface area contributed by atoms with Gasteiger partial charge in [0, 0.05) is 15.6 Å². The van der Waals surface area contributed by atoms with Crippen molar-refractivity contribution in [3.63, 3.8) is 0 Å². The van der Waals surface area contributed by atoms with E-state index in [0.29, 0.717) is 6.04 Å². The molecule has 0 aliphatic rings. The number of hydrogen-bond donors (Lipinski definition) is 1. The lowest BCUT2D eigenvalue weighted by molar-refractivity contribution is 0.435. The number of thiophene rings is 1. The molecule has 0 radical (unpaired) electrons. The van der Waals surface area contributed by atoms with E-state index in [2.05, 4.69) is 56.4 Å². The first-order chi connectivity index (χ1) is 8.70. The first kappa shape index (κ1) is 13.6. The van der Waals surface area contributed by atoms with E-state index >= 15 is 0 Å². The van der Waals surface area contributed by atoms with Gasteiger partial charge in [0.25, 0.3) is 0 Å². The summed E-state index contributed by atoms with van der Waals surface area (Å²) in [5.41, 5.74) is 0. The molecule has 1 N–H and O–H groups in total. The second-order valence-electron chi connectivity index (χ2n) is 5.32. The smallest absolute Gasteiger partial charge is 0.0417 e. The molecule has 1 aromatic heterocycles. The van der Waals surface area contributed by atoms with Crippen molar-refractivity contribution >= 4 is 21.4 Å². The maximum absolute atomic E-state index is 3.69. The third-order valence-corrected chi connectivity index (χ3v) is 4.37. The van der Waals surface area contributed by atoms with E-state index in [4.69, 9.17) is 0 Å². The Kier molecular flexibility index (Phi) is 4.79.